The molecule has 28 heavy (non-hydrogen) atoms. The highest BCUT2D eigenvalue weighted by Gasteiger charge is 2.29. The van der Waals surface area contributed by atoms with Gasteiger partial charge in [-0.1, -0.05) is 0 Å². The van der Waals surface area contributed by atoms with Crippen LogP contribution in [0.5, 0.6) is 0 Å². The van der Waals surface area contributed by atoms with Crippen molar-refractivity contribution in [3.63, 3.8) is 0 Å². The molecule has 2 fully saturated rings. The number of hydrogen-bond acceptors (Lipinski definition) is 5. The number of piperidine rings is 1. The van der Waals surface area contributed by atoms with Crippen molar-refractivity contribution in [1.29, 1.82) is 0 Å². The normalized spacial score (nSPS) is 20.9. The third-order valence-electron chi connectivity index (χ3n) is 5.76. The van der Waals surface area contributed by atoms with Crippen molar-refractivity contribution in [2.24, 2.45) is 5.92 Å². The quantitative estimate of drug-likeness (QED) is 0.723. The number of alkyl halides is 1. The van der Waals surface area contributed by atoms with Crippen LogP contribution in [0, 0.1) is 5.92 Å². The summed E-state index contributed by atoms with van der Waals surface area (Å²) < 4.78 is 23.2. The van der Waals surface area contributed by atoms with Crippen LogP contribution in [0.1, 0.15) is 12.8 Å². The summed E-state index contributed by atoms with van der Waals surface area (Å²) in [4.78, 5) is 17.4. The molecule has 1 N–H and O–H groups in total. The van der Waals surface area contributed by atoms with E-state index >= 15 is 0 Å². The van der Waals surface area contributed by atoms with Gasteiger partial charge in [0.15, 0.2) is 9.84 Å². The van der Waals surface area contributed by atoms with Crippen LogP contribution >= 0.6 is 11.6 Å². The van der Waals surface area contributed by atoms with Gasteiger partial charge in [0.25, 0.3) is 0 Å². The Bertz CT molecular complexity index is 771. The van der Waals surface area contributed by atoms with Gasteiger partial charge in [-0.15, -0.1) is 11.6 Å². The molecule has 1 amide bonds. The fourth-order valence-electron chi connectivity index (χ4n) is 3.94. The van der Waals surface area contributed by atoms with Crippen LogP contribution in [0.2, 0.25) is 0 Å². The largest absolute Gasteiger partial charge is 0.465 e. The number of sulfone groups is 1. The van der Waals surface area contributed by atoms with Gasteiger partial charge in [-0.05, 0) is 43.0 Å². The summed E-state index contributed by atoms with van der Waals surface area (Å²) in [5, 5.41) is 9.09. The Kier molecular flexibility index (Phi) is 6.73. The number of carbonyl (C=O) groups is 1. The lowest BCUT2D eigenvalue weighted by molar-refractivity contribution is 0.120. The standard InChI is InChI=1S/C19H28ClN3O4S/c1-28(26,27)17-4-2-16(3-5-17)22-12-10-21(11-13-22)14-18(20)15-6-8-23(9-7-15)19(24)25/h2-5,15,18H,6-14H2,1H3,(H,24,25). The lowest BCUT2D eigenvalue weighted by Gasteiger charge is -2.39. The van der Waals surface area contributed by atoms with Crippen molar-refractivity contribution >= 4 is 33.2 Å². The first kappa shape index (κ1) is 21.2. The molecule has 2 aliphatic heterocycles. The molecule has 1 atom stereocenters. The zero-order valence-electron chi connectivity index (χ0n) is 16.1. The van der Waals surface area contributed by atoms with E-state index in [1.165, 1.54) is 11.2 Å². The highest BCUT2D eigenvalue weighted by molar-refractivity contribution is 7.90. The van der Waals surface area contributed by atoms with Crippen molar-refractivity contribution in [3.8, 4) is 0 Å². The third kappa shape index (κ3) is 5.30. The number of carboxylic acid groups (broad SMARTS) is 1. The summed E-state index contributed by atoms with van der Waals surface area (Å²) in [6.07, 6.45) is 2.03. The van der Waals surface area contributed by atoms with Crippen molar-refractivity contribution in [2.75, 3.05) is 57.0 Å². The smallest absolute Gasteiger partial charge is 0.407 e. The molecule has 2 heterocycles. The first-order valence-corrected chi connectivity index (χ1v) is 12.0. The monoisotopic (exact) mass is 429 g/mol. The fourth-order valence-corrected chi connectivity index (χ4v) is 5.02. The Balaban J connectivity index is 1.46. The second-order valence-electron chi connectivity index (χ2n) is 7.68. The molecule has 2 aliphatic rings. The van der Waals surface area contributed by atoms with Gasteiger partial charge in [0, 0.05) is 63.1 Å². The molecule has 0 saturated carbocycles. The van der Waals surface area contributed by atoms with E-state index in [1.807, 2.05) is 12.1 Å². The number of halogens is 1. The van der Waals surface area contributed by atoms with Crippen LogP contribution in [0.25, 0.3) is 0 Å². The highest BCUT2D eigenvalue weighted by atomic mass is 35.5. The molecule has 2 saturated heterocycles. The first-order valence-electron chi connectivity index (χ1n) is 9.63. The van der Waals surface area contributed by atoms with Gasteiger partial charge < -0.3 is 14.9 Å². The Hall–Kier alpha value is -1.51. The number of hydrogen-bond donors (Lipinski definition) is 1. The number of rotatable bonds is 5. The van der Waals surface area contributed by atoms with Gasteiger partial charge in [0.2, 0.25) is 0 Å². The lowest BCUT2D eigenvalue weighted by atomic mass is 9.93. The summed E-state index contributed by atoms with van der Waals surface area (Å²) in [7, 11) is -3.17. The minimum absolute atomic E-state index is 0.0385. The predicted octanol–water partition coefficient (Wildman–Crippen LogP) is 2.21. The molecule has 0 spiro atoms. The molecule has 9 heteroatoms. The second-order valence-corrected chi connectivity index (χ2v) is 10.3. The highest BCUT2D eigenvalue weighted by Crippen LogP contribution is 2.26. The van der Waals surface area contributed by atoms with Crippen LogP contribution < -0.4 is 4.90 Å². The first-order chi connectivity index (χ1) is 13.2. The van der Waals surface area contributed by atoms with Crippen LogP contribution in [-0.4, -0.2) is 86.9 Å². The number of piperazine rings is 1. The predicted molar refractivity (Wildman–Crippen MR) is 110 cm³/mol. The van der Waals surface area contributed by atoms with E-state index in [-0.39, 0.29) is 5.38 Å². The number of likely N-dealkylation sites (tertiary alicyclic amines) is 1. The summed E-state index contributed by atoms with van der Waals surface area (Å²) in [6.45, 7) is 5.52. The Morgan fingerprint density at radius 1 is 1.11 bits per heavy atom. The molecule has 0 aromatic heterocycles. The maximum Gasteiger partial charge on any atom is 0.407 e. The number of nitrogens with zero attached hydrogens (tertiary/aromatic N) is 3. The van der Waals surface area contributed by atoms with Gasteiger partial charge in [0.05, 0.1) is 4.90 Å². The summed E-state index contributed by atoms with van der Waals surface area (Å²) in [6, 6.07) is 7.06. The molecule has 7 nitrogen and oxygen atoms in total. The second kappa shape index (κ2) is 8.88. The van der Waals surface area contributed by atoms with Crippen molar-refractivity contribution in [2.45, 2.75) is 23.1 Å². The zero-order chi connectivity index (χ0) is 20.3. The van der Waals surface area contributed by atoms with Gasteiger partial charge in [-0.3, -0.25) is 4.90 Å². The average Bonchev–Trinajstić information content (AvgIpc) is 2.68. The van der Waals surface area contributed by atoms with E-state index in [4.69, 9.17) is 16.7 Å². The van der Waals surface area contributed by atoms with Gasteiger partial charge in [-0.2, -0.15) is 0 Å². The van der Waals surface area contributed by atoms with E-state index in [1.54, 1.807) is 12.1 Å². The van der Waals surface area contributed by atoms with Crippen molar-refractivity contribution < 1.29 is 18.3 Å². The summed E-state index contributed by atoms with van der Waals surface area (Å²) in [5.74, 6) is 0.360. The molecule has 0 bridgehead atoms. The minimum atomic E-state index is -3.17. The zero-order valence-corrected chi connectivity index (χ0v) is 17.7. The topological polar surface area (TPSA) is 81.2 Å². The molecule has 1 unspecified atom stereocenters. The minimum Gasteiger partial charge on any atom is -0.465 e. The average molecular weight is 430 g/mol. The molecule has 0 radical (unpaired) electrons. The van der Waals surface area contributed by atoms with Crippen LogP contribution in [0.15, 0.2) is 29.2 Å². The molecule has 156 valence electrons. The van der Waals surface area contributed by atoms with Gasteiger partial charge >= 0.3 is 6.09 Å². The Morgan fingerprint density at radius 3 is 2.18 bits per heavy atom. The fraction of sp³-hybridized carbons (Fsp3) is 0.632. The van der Waals surface area contributed by atoms with E-state index in [9.17, 15) is 13.2 Å². The van der Waals surface area contributed by atoms with E-state index in [0.29, 0.717) is 23.9 Å². The SMILES string of the molecule is CS(=O)(=O)c1ccc(N2CCN(CC(Cl)C3CCN(C(=O)O)CC3)CC2)cc1. The van der Waals surface area contributed by atoms with E-state index in [2.05, 4.69) is 9.80 Å². The number of benzene rings is 1. The summed E-state index contributed by atoms with van der Waals surface area (Å²) >= 11 is 6.66. The maximum absolute atomic E-state index is 11.6. The number of amides is 1. The number of anilines is 1. The van der Waals surface area contributed by atoms with Crippen molar-refractivity contribution in [1.82, 2.24) is 9.80 Å². The van der Waals surface area contributed by atoms with Crippen molar-refractivity contribution in [3.05, 3.63) is 24.3 Å². The molecular weight excluding hydrogens is 402 g/mol. The molecule has 3 rings (SSSR count). The lowest BCUT2D eigenvalue weighted by Crippen LogP contribution is -2.49. The molecule has 1 aromatic rings. The molecule has 1 aromatic carbocycles. The van der Waals surface area contributed by atoms with E-state index in [0.717, 1.165) is 51.3 Å². The summed E-state index contributed by atoms with van der Waals surface area (Å²) in [5.41, 5.74) is 1.04. The Morgan fingerprint density at radius 2 is 1.68 bits per heavy atom. The van der Waals surface area contributed by atoms with E-state index < -0.39 is 15.9 Å². The van der Waals surface area contributed by atoms with Gasteiger partial charge in [0.1, 0.15) is 0 Å². The van der Waals surface area contributed by atoms with Crippen LogP contribution in [0.3, 0.4) is 0 Å². The Labute approximate surface area is 171 Å². The third-order valence-corrected chi connectivity index (χ3v) is 7.38. The molecule has 0 aliphatic carbocycles. The van der Waals surface area contributed by atoms with Crippen LogP contribution in [-0.2, 0) is 9.84 Å². The van der Waals surface area contributed by atoms with Crippen LogP contribution in [0.4, 0.5) is 10.5 Å². The molecular formula is C19H28ClN3O4S. The van der Waals surface area contributed by atoms with Gasteiger partial charge in [-0.25, -0.2) is 13.2 Å². The maximum atomic E-state index is 11.6.